The van der Waals surface area contributed by atoms with Crippen molar-refractivity contribution in [2.45, 2.75) is 63.6 Å². The van der Waals surface area contributed by atoms with Crippen LogP contribution < -0.4 is 0 Å². The predicted octanol–water partition coefficient (Wildman–Crippen LogP) is 7.35. The van der Waals surface area contributed by atoms with E-state index in [9.17, 15) is 19.4 Å². The Morgan fingerprint density at radius 3 is 2.67 bits per heavy atom. The molecule has 0 bridgehead atoms. The summed E-state index contributed by atoms with van der Waals surface area (Å²) >= 11 is 13.9. The van der Waals surface area contributed by atoms with Crippen LogP contribution in [-0.4, -0.2) is 37.9 Å². The van der Waals surface area contributed by atoms with Gasteiger partial charge in [-0.3, -0.25) is 4.98 Å². The number of carboxylic acid groups (broad SMARTS) is 1. The normalized spacial score (nSPS) is 15.1. The Bertz CT molecular complexity index is 1500. The van der Waals surface area contributed by atoms with Gasteiger partial charge in [-0.05, 0) is 44.2 Å². The standard InChI is InChI=1S/C27H26Cl2FN3O5S/c1-2-6-27(36,26-32-23-19(30)9-15(25(34)35)10-20(23)39-26)7-3-8-37-13-16-22(33-38-24(16)14-4-5-14)21-17(28)11-31-12-18(21)29/h9-12,14,36H,2-8,13H2,1H3,(H,34,35)/t27-/m0/s1. The summed E-state index contributed by atoms with van der Waals surface area (Å²) in [5.74, 6) is -0.880. The molecule has 206 valence electrons. The number of halogens is 3. The van der Waals surface area contributed by atoms with Gasteiger partial charge >= 0.3 is 5.97 Å². The summed E-state index contributed by atoms with van der Waals surface area (Å²) in [6, 6.07) is 2.33. The van der Waals surface area contributed by atoms with Crippen molar-refractivity contribution in [3.05, 3.63) is 62.3 Å². The number of aliphatic hydroxyl groups is 1. The Kier molecular flexibility index (Phi) is 8.21. The molecule has 0 spiro atoms. The first kappa shape index (κ1) is 27.9. The molecule has 39 heavy (non-hydrogen) atoms. The molecule has 0 radical (unpaired) electrons. The Hall–Kier alpha value is -2.63. The van der Waals surface area contributed by atoms with Gasteiger partial charge in [-0.15, -0.1) is 11.3 Å². The van der Waals surface area contributed by atoms with Crippen molar-refractivity contribution in [1.29, 1.82) is 0 Å². The summed E-state index contributed by atoms with van der Waals surface area (Å²) in [4.78, 5) is 19.7. The second-order valence-electron chi connectivity index (χ2n) is 9.69. The zero-order chi connectivity index (χ0) is 27.7. The molecule has 1 fully saturated rings. The van der Waals surface area contributed by atoms with Gasteiger partial charge in [0.2, 0.25) is 0 Å². The second kappa shape index (κ2) is 11.5. The van der Waals surface area contributed by atoms with Gasteiger partial charge in [0.1, 0.15) is 27.6 Å². The van der Waals surface area contributed by atoms with Crippen molar-refractivity contribution in [1.82, 2.24) is 15.1 Å². The third-order valence-electron chi connectivity index (χ3n) is 6.74. The summed E-state index contributed by atoms with van der Waals surface area (Å²) in [6.45, 7) is 2.51. The van der Waals surface area contributed by atoms with Gasteiger partial charge in [-0.1, -0.05) is 41.7 Å². The fourth-order valence-corrected chi connectivity index (χ4v) is 6.37. The molecule has 1 atom stereocenters. The highest BCUT2D eigenvalue weighted by Gasteiger charge is 2.34. The van der Waals surface area contributed by atoms with Crippen molar-refractivity contribution in [3.8, 4) is 11.3 Å². The average Bonchev–Trinajstić information content (AvgIpc) is 3.49. The molecule has 3 aromatic heterocycles. The zero-order valence-electron chi connectivity index (χ0n) is 21.0. The summed E-state index contributed by atoms with van der Waals surface area (Å²) in [6.07, 6.45) is 6.97. The Labute approximate surface area is 237 Å². The van der Waals surface area contributed by atoms with E-state index in [1.54, 1.807) is 0 Å². The minimum atomic E-state index is -1.29. The number of fused-ring (bicyclic) bond motifs is 1. The molecule has 4 aromatic rings. The molecule has 0 saturated heterocycles. The first-order valence-corrected chi connectivity index (χ1v) is 14.2. The summed E-state index contributed by atoms with van der Waals surface area (Å²) in [5.41, 5.74) is 0.495. The highest BCUT2D eigenvalue weighted by molar-refractivity contribution is 7.18. The van der Waals surface area contributed by atoms with E-state index in [0.717, 1.165) is 41.6 Å². The Morgan fingerprint density at radius 2 is 2.00 bits per heavy atom. The second-order valence-corrected chi connectivity index (χ2v) is 11.5. The summed E-state index contributed by atoms with van der Waals surface area (Å²) in [5, 5.41) is 26.1. The number of hydrogen-bond donors (Lipinski definition) is 2. The van der Waals surface area contributed by atoms with Crippen molar-refractivity contribution >= 4 is 50.7 Å². The molecule has 0 unspecified atom stereocenters. The van der Waals surface area contributed by atoms with E-state index in [-0.39, 0.29) is 17.7 Å². The number of ether oxygens (including phenoxy) is 1. The number of nitrogens with zero attached hydrogens (tertiary/aromatic N) is 3. The van der Waals surface area contributed by atoms with Crippen LogP contribution in [0.5, 0.6) is 0 Å². The van der Waals surface area contributed by atoms with E-state index >= 15 is 0 Å². The van der Waals surface area contributed by atoms with Crippen LogP contribution in [-0.2, 0) is 16.9 Å². The number of benzene rings is 1. The van der Waals surface area contributed by atoms with Gasteiger partial charge in [0.15, 0.2) is 5.82 Å². The van der Waals surface area contributed by atoms with Crippen molar-refractivity contribution in [2.24, 2.45) is 0 Å². The Morgan fingerprint density at radius 1 is 1.26 bits per heavy atom. The molecule has 1 aliphatic carbocycles. The molecule has 0 aliphatic heterocycles. The van der Waals surface area contributed by atoms with Crippen LogP contribution in [0.1, 0.15) is 78.1 Å². The lowest BCUT2D eigenvalue weighted by molar-refractivity contribution is 0.00518. The van der Waals surface area contributed by atoms with E-state index in [2.05, 4.69) is 15.1 Å². The van der Waals surface area contributed by atoms with Gasteiger partial charge in [0.05, 0.1) is 26.9 Å². The topological polar surface area (TPSA) is 119 Å². The van der Waals surface area contributed by atoms with Gasteiger partial charge in [-0.25, -0.2) is 14.2 Å². The summed E-state index contributed by atoms with van der Waals surface area (Å²) in [7, 11) is 0. The predicted molar refractivity (Wildman–Crippen MR) is 146 cm³/mol. The molecule has 12 heteroatoms. The average molecular weight is 594 g/mol. The maximum absolute atomic E-state index is 14.5. The SMILES string of the molecule is CCC[C@](O)(CCCOCc1c(-c2c(Cl)cncc2Cl)noc1C1CC1)c1nc2c(F)cc(C(=O)O)cc2s1. The number of hydrogen-bond acceptors (Lipinski definition) is 8. The van der Waals surface area contributed by atoms with Gasteiger partial charge in [-0.2, -0.15) is 0 Å². The fraction of sp³-hybridized carbons (Fsp3) is 0.407. The van der Waals surface area contributed by atoms with Gasteiger partial charge in [0, 0.05) is 36.0 Å². The van der Waals surface area contributed by atoms with Crippen molar-refractivity contribution < 1.29 is 28.7 Å². The van der Waals surface area contributed by atoms with E-state index in [1.807, 2.05) is 6.92 Å². The van der Waals surface area contributed by atoms with Crippen LogP contribution in [0.2, 0.25) is 10.0 Å². The quantitative estimate of drug-likeness (QED) is 0.164. The van der Waals surface area contributed by atoms with Crippen LogP contribution in [0.3, 0.4) is 0 Å². The highest BCUT2D eigenvalue weighted by Crippen LogP contribution is 2.46. The maximum Gasteiger partial charge on any atom is 0.335 e. The minimum absolute atomic E-state index is 0.0619. The van der Waals surface area contributed by atoms with Crippen LogP contribution in [0.25, 0.3) is 21.5 Å². The highest BCUT2D eigenvalue weighted by atomic mass is 35.5. The lowest BCUT2D eigenvalue weighted by Gasteiger charge is -2.25. The lowest BCUT2D eigenvalue weighted by Crippen LogP contribution is -2.26. The molecule has 1 aromatic carbocycles. The molecule has 5 rings (SSSR count). The number of aromatic carboxylic acids is 1. The molecule has 1 aliphatic rings. The molecule has 0 amide bonds. The molecule has 1 saturated carbocycles. The number of aromatic nitrogens is 3. The lowest BCUT2D eigenvalue weighted by atomic mass is 9.93. The van der Waals surface area contributed by atoms with Gasteiger partial charge in [0.25, 0.3) is 0 Å². The number of carbonyl (C=O) groups is 1. The van der Waals surface area contributed by atoms with Gasteiger partial charge < -0.3 is 19.5 Å². The van der Waals surface area contributed by atoms with Crippen LogP contribution in [0.15, 0.2) is 29.0 Å². The smallest absolute Gasteiger partial charge is 0.335 e. The molecular formula is C27H26Cl2FN3O5S. The molecular weight excluding hydrogens is 568 g/mol. The monoisotopic (exact) mass is 593 g/mol. The van der Waals surface area contributed by atoms with Crippen LogP contribution in [0.4, 0.5) is 4.39 Å². The van der Waals surface area contributed by atoms with E-state index in [4.69, 9.17) is 32.5 Å². The number of carboxylic acids is 1. The first-order chi connectivity index (χ1) is 18.7. The zero-order valence-corrected chi connectivity index (χ0v) is 23.4. The molecule has 8 nitrogen and oxygen atoms in total. The van der Waals surface area contributed by atoms with E-state index in [0.29, 0.717) is 69.2 Å². The number of pyridine rings is 1. The van der Waals surface area contributed by atoms with Crippen LogP contribution in [0, 0.1) is 5.82 Å². The van der Waals surface area contributed by atoms with E-state index in [1.165, 1.54) is 18.5 Å². The summed E-state index contributed by atoms with van der Waals surface area (Å²) < 4.78 is 26.6. The first-order valence-electron chi connectivity index (χ1n) is 12.6. The largest absolute Gasteiger partial charge is 0.478 e. The number of rotatable bonds is 12. The number of thiazole rings is 1. The fourth-order valence-electron chi connectivity index (χ4n) is 4.67. The van der Waals surface area contributed by atoms with Crippen molar-refractivity contribution in [3.63, 3.8) is 0 Å². The molecule has 2 N–H and O–H groups in total. The third-order valence-corrected chi connectivity index (χ3v) is 8.51. The molecule has 3 heterocycles. The minimum Gasteiger partial charge on any atom is -0.478 e. The third kappa shape index (κ3) is 5.81. The van der Waals surface area contributed by atoms with Crippen LogP contribution >= 0.6 is 34.5 Å². The van der Waals surface area contributed by atoms with E-state index < -0.39 is 17.4 Å². The Balaban J connectivity index is 1.29. The maximum atomic E-state index is 14.5. The van der Waals surface area contributed by atoms with Crippen molar-refractivity contribution in [2.75, 3.05) is 6.61 Å².